The van der Waals surface area contributed by atoms with Gasteiger partial charge in [0.15, 0.2) is 0 Å². The van der Waals surface area contributed by atoms with Crippen molar-refractivity contribution in [3.63, 3.8) is 0 Å². The summed E-state index contributed by atoms with van der Waals surface area (Å²) in [5.41, 5.74) is 12.3. The van der Waals surface area contributed by atoms with Crippen LogP contribution in [0.25, 0.3) is 44.6 Å². The van der Waals surface area contributed by atoms with Gasteiger partial charge in [-0.25, -0.2) is 0 Å². The molecule has 1 heterocycles. The van der Waals surface area contributed by atoms with Crippen LogP contribution in [0.2, 0.25) is 0 Å². The molecular weight excluding hydrogens is 470 g/mol. The van der Waals surface area contributed by atoms with Crippen LogP contribution in [-0.4, -0.2) is 4.98 Å². The number of aryl methyl sites for hydroxylation is 2. The van der Waals surface area contributed by atoms with Crippen molar-refractivity contribution in [2.75, 3.05) is 0 Å². The Bertz CT molecular complexity index is 1460. The fourth-order valence-electron chi connectivity index (χ4n) is 5.36. The minimum atomic E-state index is 1.00. The van der Waals surface area contributed by atoms with Gasteiger partial charge in [-0.3, -0.25) is 4.98 Å². The summed E-state index contributed by atoms with van der Waals surface area (Å²) in [6, 6.07) is 39.6. The van der Waals surface area contributed by atoms with Crippen molar-refractivity contribution in [3.05, 3.63) is 127 Å². The molecule has 1 nitrogen and oxygen atoms in total. The number of benzene rings is 4. The molecule has 0 bridgehead atoms. The van der Waals surface area contributed by atoms with Gasteiger partial charge in [0.25, 0.3) is 0 Å². The lowest BCUT2D eigenvalue weighted by atomic mass is 9.94. The number of aromatic nitrogens is 1. The first-order valence-corrected chi connectivity index (χ1v) is 14.5. The van der Waals surface area contributed by atoms with E-state index in [4.69, 9.17) is 0 Å². The van der Waals surface area contributed by atoms with E-state index in [0.29, 0.717) is 0 Å². The Labute approximate surface area is 234 Å². The van der Waals surface area contributed by atoms with E-state index in [0.717, 1.165) is 11.3 Å². The first-order chi connectivity index (χ1) is 19.2. The van der Waals surface area contributed by atoms with Crippen molar-refractivity contribution >= 4 is 0 Å². The van der Waals surface area contributed by atoms with Crippen molar-refractivity contribution in [1.29, 1.82) is 0 Å². The van der Waals surface area contributed by atoms with E-state index >= 15 is 0 Å². The average molecular weight is 510 g/mol. The standard InChI is InChI=1S/C38H39N/c1-3-4-5-6-7-9-12-30-15-17-31(18-16-30)32-19-21-33(22-20-32)35-23-24-37(29(2)27-35)36-25-26-39-38(28-36)34-13-10-8-11-14-34/h8,10-11,13-28H,3-7,9,12H2,1-2H3. The smallest absolute Gasteiger partial charge is 0.0708 e. The predicted molar refractivity (Wildman–Crippen MR) is 168 cm³/mol. The minimum absolute atomic E-state index is 1.00. The molecule has 0 fully saturated rings. The summed E-state index contributed by atoms with van der Waals surface area (Å²) in [6.45, 7) is 4.47. The summed E-state index contributed by atoms with van der Waals surface area (Å²) in [6.07, 6.45) is 11.2. The molecule has 5 aromatic rings. The topological polar surface area (TPSA) is 12.9 Å². The average Bonchev–Trinajstić information content (AvgIpc) is 3.00. The maximum absolute atomic E-state index is 4.59. The monoisotopic (exact) mass is 509 g/mol. The van der Waals surface area contributed by atoms with Crippen LogP contribution < -0.4 is 0 Å². The molecular formula is C38H39N. The Balaban J connectivity index is 1.25. The van der Waals surface area contributed by atoms with Crippen LogP contribution in [0.4, 0.5) is 0 Å². The van der Waals surface area contributed by atoms with Crippen LogP contribution in [0.1, 0.15) is 56.6 Å². The van der Waals surface area contributed by atoms with Gasteiger partial charge in [-0.15, -0.1) is 0 Å². The van der Waals surface area contributed by atoms with Crippen LogP contribution in [0.3, 0.4) is 0 Å². The zero-order valence-electron chi connectivity index (χ0n) is 23.4. The molecule has 4 aromatic carbocycles. The summed E-state index contributed by atoms with van der Waals surface area (Å²) in [4.78, 5) is 4.59. The van der Waals surface area contributed by atoms with E-state index in [2.05, 4.69) is 122 Å². The van der Waals surface area contributed by atoms with E-state index < -0.39 is 0 Å². The number of hydrogen-bond acceptors (Lipinski definition) is 1. The second-order valence-corrected chi connectivity index (χ2v) is 10.6. The molecule has 39 heavy (non-hydrogen) atoms. The lowest BCUT2D eigenvalue weighted by Gasteiger charge is -2.11. The number of rotatable bonds is 11. The maximum atomic E-state index is 4.59. The highest BCUT2D eigenvalue weighted by atomic mass is 14.7. The number of unbranched alkanes of at least 4 members (excludes halogenated alkanes) is 5. The molecule has 1 aromatic heterocycles. The van der Waals surface area contributed by atoms with Gasteiger partial charge in [-0.1, -0.05) is 136 Å². The second kappa shape index (κ2) is 13.2. The summed E-state index contributed by atoms with van der Waals surface area (Å²) >= 11 is 0. The molecule has 0 aliphatic rings. The quantitative estimate of drug-likeness (QED) is 0.161. The normalized spacial score (nSPS) is 11.0. The molecule has 0 amide bonds. The Hall–Kier alpha value is -3.97. The fourth-order valence-corrected chi connectivity index (χ4v) is 5.36. The molecule has 5 rings (SSSR count). The van der Waals surface area contributed by atoms with Gasteiger partial charge >= 0.3 is 0 Å². The van der Waals surface area contributed by atoms with Crippen LogP contribution in [-0.2, 0) is 6.42 Å². The lowest BCUT2D eigenvalue weighted by molar-refractivity contribution is 0.607. The highest BCUT2D eigenvalue weighted by molar-refractivity contribution is 5.77. The summed E-state index contributed by atoms with van der Waals surface area (Å²) in [7, 11) is 0. The Morgan fingerprint density at radius 3 is 1.82 bits per heavy atom. The number of nitrogens with zero attached hydrogens (tertiary/aromatic N) is 1. The first kappa shape index (κ1) is 26.6. The van der Waals surface area contributed by atoms with Gasteiger partial charge < -0.3 is 0 Å². The lowest BCUT2D eigenvalue weighted by Crippen LogP contribution is -1.89. The summed E-state index contributed by atoms with van der Waals surface area (Å²) in [5, 5.41) is 0. The maximum Gasteiger partial charge on any atom is 0.0708 e. The molecule has 0 N–H and O–H groups in total. The molecule has 0 radical (unpaired) electrons. The van der Waals surface area contributed by atoms with Crippen molar-refractivity contribution < 1.29 is 0 Å². The van der Waals surface area contributed by atoms with Crippen molar-refractivity contribution in [1.82, 2.24) is 4.98 Å². The number of pyridine rings is 1. The van der Waals surface area contributed by atoms with Crippen LogP contribution in [0.5, 0.6) is 0 Å². The molecule has 0 aliphatic carbocycles. The van der Waals surface area contributed by atoms with E-state index in [1.807, 2.05) is 12.3 Å². The van der Waals surface area contributed by atoms with Gasteiger partial charge in [0.1, 0.15) is 0 Å². The van der Waals surface area contributed by atoms with E-state index in [1.54, 1.807) is 0 Å². The fraction of sp³-hybridized carbons (Fsp3) is 0.237. The molecule has 0 saturated carbocycles. The van der Waals surface area contributed by atoms with E-state index in [-0.39, 0.29) is 0 Å². The highest BCUT2D eigenvalue weighted by Gasteiger charge is 2.08. The van der Waals surface area contributed by atoms with Crippen LogP contribution in [0.15, 0.2) is 115 Å². The third kappa shape index (κ3) is 6.92. The first-order valence-electron chi connectivity index (χ1n) is 14.5. The van der Waals surface area contributed by atoms with Crippen LogP contribution >= 0.6 is 0 Å². The molecule has 196 valence electrons. The largest absolute Gasteiger partial charge is 0.256 e. The zero-order valence-corrected chi connectivity index (χ0v) is 23.4. The second-order valence-electron chi connectivity index (χ2n) is 10.6. The predicted octanol–water partition coefficient (Wildman–Crippen LogP) is 11.0. The van der Waals surface area contributed by atoms with Gasteiger partial charge in [-0.05, 0) is 76.4 Å². The van der Waals surface area contributed by atoms with Crippen molar-refractivity contribution in [2.24, 2.45) is 0 Å². The van der Waals surface area contributed by atoms with Crippen LogP contribution in [0, 0.1) is 6.92 Å². The molecule has 0 aliphatic heterocycles. The molecule has 0 saturated heterocycles. The highest BCUT2D eigenvalue weighted by Crippen LogP contribution is 2.31. The molecule has 1 heteroatoms. The Morgan fingerprint density at radius 2 is 1.13 bits per heavy atom. The SMILES string of the molecule is CCCCCCCCc1ccc(-c2ccc(-c3ccc(-c4ccnc(-c5ccccc5)c4)c(C)c3)cc2)cc1. The van der Waals surface area contributed by atoms with Gasteiger partial charge in [-0.2, -0.15) is 0 Å². The molecule has 0 atom stereocenters. The van der Waals surface area contributed by atoms with Gasteiger partial charge in [0, 0.05) is 11.8 Å². The Morgan fingerprint density at radius 1 is 0.513 bits per heavy atom. The van der Waals surface area contributed by atoms with Crippen molar-refractivity contribution in [3.8, 4) is 44.6 Å². The van der Waals surface area contributed by atoms with Gasteiger partial charge in [0.05, 0.1) is 5.69 Å². The minimum Gasteiger partial charge on any atom is -0.256 e. The van der Waals surface area contributed by atoms with Gasteiger partial charge in [0.2, 0.25) is 0 Å². The molecule has 0 unspecified atom stereocenters. The van der Waals surface area contributed by atoms with E-state index in [9.17, 15) is 0 Å². The molecule has 0 spiro atoms. The summed E-state index contributed by atoms with van der Waals surface area (Å²) < 4.78 is 0. The Kier molecular flexibility index (Phi) is 9.01. The summed E-state index contributed by atoms with van der Waals surface area (Å²) in [5.74, 6) is 0. The third-order valence-electron chi connectivity index (χ3n) is 7.69. The number of hydrogen-bond donors (Lipinski definition) is 0. The van der Waals surface area contributed by atoms with E-state index in [1.165, 1.54) is 89.5 Å². The van der Waals surface area contributed by atoms with Crippen molar-refractivity contribution in [2.45, 2.75) is 58.8 Å². The third-order valence-corrected chi connectivity index (χ3v) is 7.69. The zero-order chi connectivity index (χ0) is 26.9.